The Bertz CT molecular complexity index is 740. The lowest BCUT2D eigenvalue weighted by Gasteiger charge is -2.14. The number of nitrogens with zero attached hydrogens (tertiary/aromatic N) is 2. The predicted octanol–water partition coefficient (Wildman–Crippen LogP) is 4.88. The quantitative estimate of drug-likeness (QED) is 0.815. The van der Waals surface area contributed by atoms with Gasteiger partial charge in [0.15, 0.2) is 0 Å². The third-order valence-electron chi connectivity index (χ3n) is 4.55. The number of unbranched alkanes of at least 4 members (excludes halogenated alkanes) is 1. The second-order valence-corrected chi connectivity index (χ2v) is 7.38. The maximum Gasteiger partial charge on any atom is 0.142 e. The zero-order valence-electron chi connectivity index (χ0n) is 13.7. The van der Waals surface area contributed by atoms with Gasteiger partial charge in [-0.3, -0.25) is 0 Å². The van der Waals surface area contributed by atoms with Crippen molar-refractivity contribution in [1.29, 1.82) is 5.26 Å². The Morgan fingerprint density at radius 3 is 2.87 bits per heavy atom. The number of rotatable bonds is 4. The lowest BCUT2D eigenvalue weighted by molar-refractivity contribution is 0.709. The molecule has 0 aromatic carbocycles. The number of thiophene rings is 1. The topological polar surface area (TPSA) is 62.7 Å². The number of fused-ring (bicyclic) bond motifs is 1. The lowest BCUT2D eigenvalue weighted by atomic mass is 9.96. The minimum atomic E-state index is 0.395. The first-order valence-electron chi connectivity index (χ1n) is 8.55. The number of nitrogen functional groups attached to an aromatic ring is 1. The monoisotopic (exact) mass is 325 g/mol. The Morgan fingerprint density at radius 1 is 1.26 bits per heavy atom. The SMILES string of the molecule is CCCCc1ccc(-c2c(C#N)c(N)nc3c2CCCCC3)s1. The van der Waals surface area contributed by atoms with Crippen LogP contribution in [0.1, 0.15) is 60.7 Å². The highest BCUT2D eigenvalue weighted by atomic mass is 32.1. The standard InChI is InChI=1S/C19H23N3S/c1-2-3-7-13-10-11-17(23-13)18-14-8-5-4-6-9-16(14)22-19(21)15(18)12-20/h10-11H,2-9H2,1H3,(H2,21,22). The molecule has 0 aliphatic heterocycles. The molecule has 0 spiro atoms. The van der Waals surface area contributed by atoms with Crippen molar-refractivity contribution in [3.63, 3.8) is 0 Å². The Kier molecular flexibility index (Phi) is 4.97. The van der Waals surface area contributed by atoms with Crippen LogP contribution in [0.5, 0.6) is 0 Å². The molecule has 1 aliphatic rings. The number of nitriles is 1. The van der Waals surface area contributed by atoms with E-state index < -0.39 is 0 Å². The van der Waals surface area contributed by atoms with Crippen molar-refractivity contribution in [2.24, 2.45) is 0 Å². The molecular weight excluding hydrogens is 302 g/mol. The summed E-state index contributed by atoms with van der Waals surface area (Å²) >= 11 is 1.81. The second kappa shape index (κ2) is 7.14. The zero-order chi connectivity index (χ0) is 16.2. The van der Waals surface area contributed by atoms with E-state index in [9.17, 15) is 5.26 Å². The van der Waals surface area contributed by atoms with Crippen LogP contribution >= 0.6 is 11.3 Å². The van der Waals surface area contributed by atoms with E-state index in [1.807, 2.05) is 11.3 Å². The van der Waals surface area contributed by atoms with Gasteiger partial charge in [0.1, 0.15) is 17.5 Å². The van der Waals surface area contributed by atoms with E-state index in [1.165, 1.54) is 41.0 Å². The van der Waals surface area contributed by atoms with Crippen LogP contribution < -0.4 is 5.73 Å². The van der Waals surface area contributed by atoms with Gasteiger partial charge in [-0.05, 0) is 56.2 Å². The number of nitrogens with two attached hydrogens (primary N) is 1. The van der Waals surface area contributed by atoms with Crippen LogP contribution in [0, 0.1) is 11.3 Å². The Balaban J connectivity index is 2.11. The largest absolute Gasteiger partial charge is 0.383 e. The summed E-state index contributed by atoms with van der Waals surface area (Å²) in [4.78, 5) is 7.12. The molecule has 0 amide bonds. The fourth-order valence-corrected chi connectivity index (χ4v) is 4.45. The highest BCUT2D eigenvalue weighted by Gasteiger charge is 2.22. The Morgan fingerprint density at radius 2 is 2.09 bits per heavy atom. The molecule has 1 aliphatic carbocycles. The van der Waals surface area contributed by atoms with Gasteiger partial charge in [0.25, 0.3) is 0 Å². The van der Waals surface area contributed by atoms with Gasteiger partial charge < -0.3 is 5.73 Å². The van der Waals surface area contributed by atoms with Crippen molar-refractivity contribution in [2.75, 3.05) is 5.73 Å². The van der Waals surface area contributed by atoms with Crippen LogP contribution in [-0.4, -0.2) is 4.98 Å². The van der Waals surface area contributed by atoms with Gasteiger partial charge >= 0.3 is 0 Å². The normalized spacial score (nSPS) is 14.1. The molecule has 2 aromatic rings. The van der Waals surface area contributed by atoms with Crippen molar-refractivity contribution in [3.8, 4) is 16.5 Å². The first kappa shape index (κ1) is 16.0. The van der Waals surface area contributed by atoms with E-state index in [0.717, 1.165) is 36.9 Å². The Labute approximate surface area is 142 Å². The number of hydrogen-bond donors (Lipinski definition) is 1. The molecule has 0 radical (unpaired) electrons. The van der Waals surface area contributed by atoms with E-state index in [1.54, 1.807) is 0 Å². The molecular formula is C19H23N3S. The van der Waals surface area contributed by atoms with Crippen molar-refractivity contribution in [1.82, 2.24) is 4.98 Å². The van der Waals surface area contributed by atoms with Gasteiger partial charge in [-0.2, -0.15) is 5.26 Å². The van der Waals surface area contributed by atoms with Crippen LogP contribution in [0.3, 0.4) is 0 Å². The first-order valence-corrected chi connectivity index (χ1v) is 9.36. The maximum atomic E-state index is 9.62. The molecule has 3 nitrogen and oxygen atoms in total. The molecule has 0 bridgehead atoms. The molecule has 2 heterocycles. The van der Waals surface area contributed by atoms with Gasteiger partial charge in [-0.25, -0.2) is 4.98 Å². The summed E-state index contributed by atoms with van der Waals surface area (Å²) in [6.07, 6.45) is 9.08. The van der Waals surface area contributed by atoms with Crippen LogP contribution in [-0.2, 0) is 19.3 Å². The molecule has 2 aromatic heterocycles. The van der Waals surface area contributed by atoms with Gasteiger partial charge in [0.05, 0.1) is 0 Å². The summed E-state index contributed by atoms with van der Waals surface area (Å²) in [6.45, 7) is 2.21. The number of aromatic nitrogens is 1. The summed E-state index contributed by atoms with van der Waals surface area (Å²) in [5.41, 5.74) is 10.1. The number of aryl methyl sites for hydroxylation is 2. The molecule has 0 fully saturated rings. The average Bonchev–Trinajstić information content (AvgIpc) is 2.89. The number of pyridine rings is 1. The smallest absolute Gasteiger partial charge is 0.142 e. The summed E-state index contributed by atoms with van der Waals surface area (Å²) in [6, 6.07) is 6.67. The zero-order valence-corrected chi connectivity index (χ0v) is 14.5. The molecule has 120 valence electrons. The third-order valence-corrected chi connectivity index (χ3v) is 5.71. The van der Waals surface area contributed by atoms with Gasteiger partial charge in [0.2, 0.25) is 0 Å². The molecule has 2 N–H and O–H groups in total. The van der Waals surface area contributed by atoms with Crippen LogP contribution in [0.2, 0.25) is 0 Å². The van der Waals surface area contributed by atoms with Gasteiger partial charge in [-0.15, -0.1) is 11.3 Å². The minimum Gasteiger partial charge on any atom is -0.383 e. The van der Waals surface area contributed by atoms with Crippen molar-refractivity contribution < 1.29 is 0 Å². The summed E-state index contributed by atoms with van der Waals surface area (Å²) < 4.78 is 0. The van der Waals surface area contributed by atoms with Crippen molar-refractivity contribution in [3.05, 3.63) is 33.8 Å². The van der Waals surface area contributed by atoms with E-state index >= 15 is 0 Å². The lowest BCUT2D eigenvalue weighted by Crippen LogP contribution is -2.06. The van der Waals surface area contributed by atoms with Crippen molar-refractivity contribution >= 4 is 17.2 Å². The van der Waals surface area contributed by atoms with Gasteiger partial charge in [-0.1, -0.05) is 19.8 Å². The van der Waals surface area contributed by atoms with Crippen LogP contribution in [0.15, 0.2) is 12.1 Å². The molecule has 23 heavy (non-hydrogen) atoms. The van der Waals surface area contributed by atoms with Crippen LogP contribution in [0.4, 0.5) is 5.82 Å². The second-order valence-electron chi connectivity index (χ2n) is 6.21. The predicted molar refractivity (Wildman–Crippen MR) is 96.5 cm³/mol. The highest BCUT2D eigenvalue weighted by Crippen LogP contribution is 2.38. The Hall–Kier alpha value is -1.86. The van der Waals surface area contributed by atoms with E-state index in [4.69, 9.17) is 5.73 Å². The highest BCUT2D eigenvalue weighted by molar-refractivity contribution is 7.15. The summed E-state index contributed by atoms with van der Waals surface area (Å²) in [7, 11) is 0. The molecule has 0 unspecified atom stereocenters. The van der Waals surface area contributed by atoms with Gasteiger partial charge in [0, 0.05) is 21.0 Å². The average molecular weight is 325 g/mol. The fraction of sp³-hybridized carbons (Fsp3) is 0.474. The summed E-state index contributed by atoms with van der Waals surface area (Å²) in [5.74, 6) is 0.395. The number of hydrogen-bond acceptors (Lipinski definition) is 4. The van der Waals surface area contributed by atoms with E-state index in [-0.39, 0.29) is 0 Å². The number of anilines is 1. The van der Waals surface area contributed by atoms with Crippen LogP contribution in [0.25, 0.3) is 10.4 Å². The minimum absolute atomic E-state index is 0.395. The van der Waals surface area contributed by atoms with E-state index in [2.05, 4.69) is 30.1 Å². The third kappa shape index (κ3) is 3.25. The molecule has 0 saturated carbocycles. The molecule has 0 atom stereocenters. The summed E-state index contributed by atoms with van der Waals surface area (Å²) in [5, 5.41) is 9.62. The molecule has 4 heteroatoms. The fourth-order valence-electron chi connectivity index (χ4n) is 3.32. The first-order chi connectivity index (χ1) is 11.2. The van der Waals surface area contributed by atoms with Crippen molar-refractivity contribution in [2.45, 2.75) is 58.3 Å². The molecule has 3 rings (SSSR count). The molecule has 0 saturated heterocycles. The van der Waals surface area contributed by atoms with E-state index in [0.29, 0.717) is 11.4 Å². The maximum absolute atomic E-state index is 9.62.